The van der Waals surface area contributed by atoms with Crippen molar-refractivity contribution in [1.82, 2.24) is 15.1 Å². The highest BCUT2D eigenvalue weighted by molar-refractivity contribution is 5.77. The molecule has 0 aliphatic heterocycles. The van der Waals surface area contributed by atoms with Crippen molar-refractivity contribution in [3.8, 4) is 23.0 Å². The minimum atomic E-state index is 0.0833. The van der Waals surface area contributed by atoms with Crippen LogP contribution in [0.4, 0.5) is 0 Å². The van der Waals surface area contributed by atoms with Gasteiger partial charge in [0.05, 0.1) is 28.4 Å². The van der Waals surface area contributed by atoms with Crippen molar-refractivity contribution >= 4 is 11.8 Å². The highest BCUT2D eigenvalue weighted by Crippen LogP contribution is 2.29. The normalized spacial score (nSPS) is 10.7. The molecular formula is C32H51N5O6. The number of nitrogens with zero attached hydrogens (tertiary/aromatic N) is 2. The van der Waals surface area contributed by atoms with Gasteiger partial charge in [0.1, 0.15) is 0 Å². The molecule has 240 valence electrons. The number of methoxy groups -OCH3 is 4. The van der Waals surface area contributed by atoms with E-state index in [1.165, 1.54) is 0 Å². The topological polar surface area (TPSA) is 142 Å². The van der Waals surface area contributed by atoms with E-state index in [1.807, 2.05) is 46.2 Å². The molecule has 0 aliphatic carbocycles. The molecule has 0 spiro atoms. The fourth-order valence-corrected chi connectivity index (χ4v) is 4.73. The number of carbonyl (C=O) groups excluding carboxylic acids is 2. The first-order valence-electron chi connectivity index (χ1n) is 15.0. The van der Waals surface area contributed by atoms with E-state index in [4.69, 9.17) is 30.4 Å². The number of rotatable bonds is 22. The second-order valence-corrected chi connectivity index (χ2v) is 10.2. The van der Waals surface area contributed by atoms with Crippen molar-refractivity contribution in [2.45, 2.75) is 38.5 Å². The standard InChI is InChI=1S/C32H51N5O6/c1-40-27-11-7-25(23-29(27)42-3)9-13-31(38)36(19-5-15-33)21-17-35-18-22-37(20-6-16-34)32(39)14-10-26-8-12-28(41-2)30(24-26)43-4/h7-8,11-12,23-24,35H,5-6,9-10,13-22,33-34H2,1-4H3. The van der Waals surface area contributed by atoms with Gasteiger partial charge in [-0.1, -0.05) is 12.1 Å². The highest BCUT2D eigenvalue weighted by atomic mass is 16.5. The Bertz CT molecular complexity index is 1030. The fourth-order valence-electron chi connectivity index (χ4n) is 4.73. The molecule has 0 saturated heterocycles. The summed E-state index contributed by atoms with van der Waals surface area (Å²) in [5.74, 6) is 2.79. The van der Waals surface area contributed by atoms with Gasteiger partial charge in [-0.25, -0.2) is 0 Å². The van der Waals surface area contributed by atoms with Crippen molar-refractivity contribution in [3.05, 3.63) is 47.5 Å². The van der Waals surface area contributed by atoms with Gasteiger partial charge in [0.25, 0.3) is 0 Å². The van der Waals surface area contributed by atoms with Crippen LogP contribution in [0, 0.1) is 0 Å². The van der Waals surface area contributed by atoms with Crippen LogP contribution >= 0.6 is 0 Å². The summed E-state index contributed by atoms with van der Waals surface area (Å²) in [6.07, 6.45) is 3.47. The number of carbonyl (C=O) groups is 2. The van der Waals surface area contributed by atoms with Gasteiger partial charge in [0, 0.05) is 52.1 Å². The molecule has 0 saturated carbocycles. The Kier molecular flexibility index (Phi) is 16.9. The molecule has 0 unspecified atom stereocenters. The molecule has 0 radical (unpaired) electrons. The molecule has 43 heavy (non-hydrogen) atoms. The third-order valence-corrected chi connectivity index (χ3v) is 7.24. The average Bonchev–Trinajstić information content (AvgIpc) is 3.04. The van der Waals surface area contributed by atoms with E-state index in [9.17, 15) is 9.59 Å². The lowest BCUT2D eigenvalue weighted by atomic mass is 10.1. The Morgan fingerprint density at radius 1 is 0.628 bits per heavy atom. The van der Waals surface area contributed by atoms with Crippen molar-refractivity contribution in [2.24, 2.45) is 11.5 Å². The van der Waals surface area contributed by atoms with Gasteiger partial charge >= 0.3 is 0 Å². The van der Waals surface area contributed by atoms with Crippen molar-refractivity contribution in [1.29, 1.82) is 0 Å². The maximum absolute atomic E-state index is 13.1. The number of nitrogens with two attached hydrogens (primary N) is 2. The molecule has 0 aliphatic rings. The van der Waals surface area contributed by atoms with E-state index in [-0.39, 0.29) is 11.8 Å². The first-order chi connectivity index (χ1) is 20.9. The second kappa shape index (κ2) is 20.4. The summed E-state index contributed by atoms with van der Waals surface area (Å²) in [4.78, 5) is 29.9. The molecular weight excluding hydrogens is 550 g/mol. The molecule has 0 bridgehead atoms. The van der Waals surface area contributed by atoms with E-state index in [2.05, 4.69) is 5.32 Å². The number of aryl methyl sites for hydroxylation is 2. The van der Waals surface area contributed by atoms with Crippen LogP contribution in [-0.2, 0) is 22.4 Å². The summed E-state index contributed by atoms with van der Waals surface area (Å²) >= 11 is 0. The maximum Gasteiger partial charge on any atom is 0.222 e. The van der Waals surface area contributed by atoms with Gasteiger partial charge in [-0.05, 0) is 74.2 Å². The molecule has 0 heterocycles. The average molecular weight is 602 g/mol. The van der Waals surface area contributed by atoms with Crippen LogP contribution in [-0.4, -0.2) is 102 Å². The Balaban J connectivity index is 1.84. The van der Waals surface area contributed by atoms with Crippen molar-refractivity contribution < 1.29 is 28.5 Å². The summed E-state index contributed by atoms with van der Waals surface area (Å²) in [5.41, 5.74) is 13.5. The van der Waals surface area contributed by atoms with Crippen LogP contribution in [0.5, 0.6) is 23.0 Å². The van der Waals surface area contributed by atoms with Crippen molar-refractivity contribution in [2.75, 3.05) is 80.8 Å². The minimum absolute atomic E-state index is 0.0833. The minimum Gasteiger partial charge on any atom is -0.493 e. The molecule has 2 aromatic rings. The van der Waals surface area contributed by atoms with Crippen LogP contribution in [0.15, 0.2) is 36.4 Å². The largest absolute Gasteiger partial charge is 0.493 e. The van der Waals surface area contributed by atoms with E-state index < -0.39 is 0 Å². The molecule has 0 fully saturated rings. The van der Waals surface area contributed by atoms with Crippen molar-refractivity contribution in [3.63, 3.8) is 0 Å². The van der Waals surface area contributed by atoms with E-state index >= 15 is 0 Å². The molecule has 2 amide bonds. The zero-order valence-electron chi connectivity index (χ0n) is 26.4. The number of nitrogens with one attached hydrogen (secondary N) is 1. The summed E-state index contributed by atoms with van der Waals surface area (Å²) in [5, 5.41) is 3.40. The molecule has 5 N–H and O–H groups in total. The van der Waals surface area contributed by atoms with Gasteiger partial charge in [-0.2, -0.15) is 0 Å². The Labute approximate surface area is 256 Å². The number of hydrogen-bond donors (Lipinski definition) is 3. The molecule has 0 atom stereocenters. The van der Waals surface area contributed by atoms with Crippen LogP contribution in [0.25, 0.3) is 0 Å². The predicted molar refractivity (Wildman–Crippen MR) is 169 cm³/mol. The highest BCUT2D eigenvalue weighted by Gasteiger charge is 2.16. The monoisotopic (exact) mass is 601 g/mol. The fraction of sp³-hybridized carbons (Fsp3) is 0.562. The quantitative estimate of drug-likeness (QED) is 0.173. The molecule has 11 heteroatoms. The van der Waals surface area contributed by atoms with Gasteiger partial charge in [-0.3, -0.25) is 9.59 Å². The first kappa shape index (κ1) is 35.7. The Morgan fingerprint density at radius 2 is 1.02 bits per heavy atom. The van der Waals surface area contributed by atoms with Gasteiger partial charge in [0.15, 0.2) is 23.0 Å². The lowest BCUT2D eigenvalue weighted by molar-refractivity contribution is -0.131. The summed E-state index contributed by atoms with van der Waals surface area (Å²) in [7, 11) is 6.40. The molecule has 0 aromatic heterocycles. The molecule has 2 aromatic carbocycles. The Morgan fingerprint density at radius 3 is 1.37 bits per heavy atom. The maximum atomic E-state index is 13.1. The van der Waals surface area contributed by atoms with E-state index in [1.54, 1.807) is 28.4 Å². The molecule has 11 nitrogen and oxygen atoms in total. The summed E-state index contributed by atoms with van der Waals surface area (Å²) in [6, 6.07) is 11.4. The molecule has 2 rings (SSSR count). The smallest absolute Gasteiger partial charge is 0.222 e. The lowest BCUT2D eigenvalue weighted by Crippen LogP contribution is -2.41. The SMILES string of the molecule is COc1ccc(CCC(=O)N(CCCN)CCNCCN(CCCN)C(=O)CCc2ccc(OC)c(OC)c2)cc1OC. The number of ether oxygens (including phenoxy) is 4. The number of benzene rings is 2. The lowest BCUT2D eigenvalue weighted by Gasteiger charge is -2.25. The van der Waals surface area contributed by atoms with Gasteiger partial charge in [-0.15, -0.1) is 0 Å². The zero-order chi connectivity index (χ0) is 31.5. The first-order valence-corrected chi connectivity index (χ1v) is 15.0. The van der Waals surface area contributed by atoms with Gasteiger partial charge < -0.3 is 45.5 Å². The van der Waals surface area contributed by atoms with E-state index in [0.717, 1.165) is 24.0 Å². The van der Waals surface area contributed by atoms with E-state index in [0.29, 0.717) is 101 Å². The summed E-state index contributed by atoms with van der Waals surface area (Å²) in [6.45, 7) is 4.65. The second-order valence-electron chi connectivity index (χ2n) is 10.2. The summed E-state index contributed by atoms with van der Waals surface area (Å²) < 4.78 is 21.4. The number of amides is 2. The van der Waals surface area contributed by atoms with Crippen LogP contribution in [0.3, 0.4) is 0 Å². The zero-order valence-corrected chi connectivity index (χ0v) is 26.4. The van der Waals surface area contributed by atoms with Crippen LogP contribution < -0.4 is 35.7 Å². The Hall–Kier alpha value is -3.54. The number of hydrogen-bond acceptors (Lipinski definition) is 9. The van der Waals surface area contributed by atoms with Gasteiger partial charge in [0.2, 0.25) is 11.8 Å². The third kappa shape index (κ3) is 12.3. The van der Waals surface area contributed by atoms with Crippen LogP contribution in [0.1, 0.15) is 36.8 Å². The third-order valence-electron chi connectivity index (χ3n) is 7.24. The predicted octanol–water partition coefficient (Wildman–Crippen LogP) is 2.23. The van der Waals surface area contributed by atoms with Crippen LogP contribution in [0.2, 0.25) is 0 Å².